The first-order valence-electron chi connectivity index (χ1n) is 5.59. The summed E-state index contributed by atoms with van der Waals surface area (Å²) >= 11 is 0. The van der Waals surface area contributed by atoms with Crippen molar-refractivity contribution in [2.45, 2.75) is 45.1 Å². The van der Waals surface area contributed by atoms with Crippen molar-refractivity contribution in [1.82, 2.24) is 5.32 Å². The first-order chi connectivity index (χ1) is 6.36. The van der Waals surface area contributed by atoms with Gasteiger partial charge in [0.2, 0.25) is 0 Å². The topological polar surface area (TPSA) is 21.3 Å². The Morgan fingerprint density at radius 2 is 2.23 bits per heavy atom. The van der Waals surface area contributed by atoms with E-state index in [2.05, 4.69) is 12.2 Å². The van der Waals surface area contributed by atoms with Gasteiger partial charge >= 0.3 is 0 Å². The molecule has 2 nitrogen and oxygen atoms in total. The van der Waals surface area contributed by atoms with Gasteiger partial charge in [0.05, 0.1) is 6.61 Å². The Kier molecular flexibility index (Phi) is 5.40. The summed E-state index contributed by atoms with van der Waals surface area (Å²) in [6.45, 7) is 4.23. The monoisotopic (exact) mass is 185 g/mol. The average molecular weight is 185 g/mol. The zero-order valence-electron chi connectivity index (χ0n) is 9.01. The number of rotatable bonds is 7. The first kappa shape index (κ1) is 11.0. The van der Waals surface area contributed by atoms with Crippen LogP contribution in [0.15, 0.2) is 0 Å². The predicted molar refractivity (Wildman–Crippen MR) is 55.9 cm³/mol. The maximum Gasteiger partial charge on any atom is 0.0615 e. The van der Waals surface area contributed by atoms with E-state index in [1.54, 1.807) is 7.11 Å². The van der Waals surface area contributed by atoms with Crippen molar-refractivity contribution in [3.63, 3.8) is 0 Å². The second-order valence-electron chi connectivity index (χ2n) is 4.10. The molecule has 2 heteroatoms. The van der Waals surface area contributed by atoms with E-state index in [-0.39, 0.29) is 0 Å². The Bertz CT molecular complexity index is 123. The van der Waals surface area contributed by atoms with Gasteiger partial charge in [0, 0.05) is 13.2 Å². The van der Waals surface area contributed by atoms with Crippen LogP contribution in [0.3, 0.4) is 0 Å². The standard InChI is InChI=1S/C11H23NO/c1-3-11(9-13-2)12-8-7-10-5-4-6-10/h10-12H,3-9H2,1-2H3. The minimum Gasteiger partial charge on any atom is -0.383 e. The van der Waals surface area contributed by atoms with Gasteiger partial charge in [-0.3, -0.25) is 0 Å². The molecule has 1 fully saturated rings. The van der Waals surface area contributed by atoms with E-state index >= 15 is 0 Å². The molecule has 1 aliphatic carbocycles. The van der Waals surface area contributed by atoms with E-state index < -0.39 is 0 Å². The van der Waals surface area contributed by atoms with Gasteiger partial charge in [0.15, 0.2) is 0 Å². The smallest absolute Gasteiger partial charge is 0.0615 e. The molecule has 1 saturated carbocycles. The molecule has 0 spiro atoms. The van der Waals surface area contributed by atoms with Crippen LogP contribution < -0.4 is 5.32 Å². The summed E-state index contributed by atoms with van der Waals surface area (Å²) in [5.74, 6) is 1.02. The van der Waals surface area contributed by atoms with Gasteiger partial charge in [-0.1, -0.05) is 26.2 Å². The minimum atomic E-state index is 0.560. The summed E-state index contributed by atoms with van der Waals surface area (Å²) in [5, 5.41) is 3.54. The molecule has 1 unspecified atom stereocenters. The highest BCUT2D eigenvalue weighted by Gasteiger charge is 2.16. The predicted octanol–water partition coefficient (Wildman–Crippen LogP) is 2.19. The Morgan fingerprint density at radius 1 is 1.46 bits per heavy atom. The van der Waals surface area contributed by atoms with Crippen LogP contribution in [0, 0.1) is 5.92 Å². The Morgan fingerprint density at radius 3 is 2.69 bits per heavy atom. The fourth-order valence-electron chi connectivity index (χ4n) is 1.80. The highest BCUT2D eigenvalue weighted by Crippen LogP contribution is 2.28. The van der Waals surface area contributed by atoms with Crippen molar-refractivity contribution >= 4 is 0 Å². The number of hydrogen-bond donors (Lipinski definition) is 1. The second-order valence-corrected chi connectivity index (χ2v) is 4.10. The Hall–Kier alpha value is -0.0800. The van der Waals surface area contributed by atoms with Crippen LogP contribution in [0.2, 0.25) is 0 Å². The average Bonchev–Trinajstić information content (AvgIpc) is 2.07. The first-order valence-corrected chi connectivity index (χ1v) is 5.59. The molecule has 0 saturated heterocycles. The van der Waals surface area contributed by atoms with E-state index in [0.717, 1.165) is 12.5 Å². The molecule has 0 amide bonds. The van der Waals surface area contributed by atoms with Crippen LogP contribution in [0.5, 0.6) is 0 Å². The molecule has 0 heterocycles. The number of ether oxygens (including phenoxy) is 1. The van der Waals surface area contributed by atoms with Crippen LogP contribution in [0.1, 0.15) is 39.0 Å². The summed E-state index contributed by atoms with van der Waals surface area (Å²) in [6, 6.07) is 0.560. The molecule has 0 radical (unpaired) electrons. The van der Waals surface area contributed by atoms with Crippen molar-refractivity contribution < 1.29 is 4.74 Å². The summed E-state index contributed by atoms with van der Waals surface area (Å²) in [5.41, 5.74) is 0. The Balaban J connectivity index is 1.94. The summed E-state index contributed by atoms with van der Waals surface area (Å²) < 4.78 is 5.13. The van der Waals surface area contributed by atoms with Crippen LogP contribution in [0.25, 0.3) is 0 Å². The van der Waals surface area contributed by atoms with Gasteiger partial charge in [-0.25, -0.2) is 0 Å². The van der Waals surface area contributed by atoms with Crippen molar-refractivity contribution in [2.24, 2.45) is 5.92 Å². The SMILES string of the molecule is CCC(COC)NCCC1CCC1. The molecular weight excluding hydrogens is 162 g/mol. The third kappa shape index (κ3) is 4.10. The molecule has 1 N–H and O–H groups in total. The lowest BCUT2D eigenvalue weighted by Crippen LogP contribution is -2.34. The minimum absolute atomic E-state index is 0.560. The Labute approximate surface area is 82.0 Å². The van der Waals surface area contributed by atoms with Gasteiger partial charge in [-0.2, -0.15) is 0 Å². The highest BCUT2D eigenvalue weighted by atomic mass is 16.5. The van der Waals surface area contributed by atoms with Gasteiger partial charge < -0.3 is 10.1 Å². The molecule has 1 aliphatic rings. The molecule has 0 aromatic rings. The molecule has 0 aromatic heterocycles. The lowest BCUT2D eigenvalue weighted by atomic mass is 9.83. The summed E-state index contributed by atoms with van der Waals surface area (Å²) in [7, 11) is 1.77. The van der Waals surface area contributed by atoms with E-state index in [1.807, 2.05) is 0 Å². The molecule has 78 valence electrons. The fraction of sp³-hybridized carbons (Fsp3) is 1.00. The molecule has 0 bridgehead atoms. The van der Waals surface area contributed by atoms with Crippen molar-refractivity contribution in [2.75, 3.05) is 20.3 Å². The van der Waals surface area contributed by atoms with Crippen molar-refractivity contribution in [3.8, 4) is 0 Å². The van der Waals surface area contributed by atoms with Gasteiger partial charge in [0.25, 0.3) is 0 Å². The third-order valence-electron chi connectivity index (χ3n) is 3.07. The van der Waals surface area contributed by atoms with Gasteiger partial charge in [-0.15, -0.1) is 0 Å². The molecule has 13 heavy (non-hydrogen) atoms. The largest absolute Gasteiger partial charge is 0.383 e. The highest BCUT2D eigenvalue weighted by molar-refractivity contribution is 4.72. The van der Waals surface area contributed by atoms with Crippen LogP contribution >= 0.6 is 0 Å². The summed E-state index contributed by atoms with van der Waals surface area (Å²) in [4.78, 5) is 0. The van der Waals surface area contributed by atoms with E-state index in [0.29, 0.717) is 6.04 Å². The van der Waals surface area contributed by atoms with E-state index in [1.165, 1.54) is 38.6 Å². The van der Waals surface area contributed by atoms with Crippen LogP contribution in [-0.2, 0) is 4.74 Å². The normalized spacial score (nSPS) is 19.8. The third-order valence-corrected chi connectivity index (χ3v) is 3.07. The molecular formula is C11H23NO. The molecule has 1 rings (SSSR count). The lowest BCUT2D eigenvalue weighted by molar-refractivity contribution is 0.162. The molecule has 0 aromatic carbocycles. The molecule has 1 atom stereocenters. The zero-order valence-corrected chi connectivity index (χ0v) is 9.01. The number of methoxy groups -OCH3 is 1. The lowest BCUT2D eigenvalue weighted by Gasteiger charge is -2.26. The van der Waals surface area contributed by atoms with Gasteiger partial charge in [-0.05, 0) is 25.3 Å². The number of nitrogens with one attached hydrogen (secondary N) is 1. The fourth-order valence-corrected chi connectivity index (χ4v) is 1.80. The quantitative estimate of drug-likeness (QED) is 0.656. The van der Waals surface area contributed by atoms with Crippen LogP contribution in [-0.4, -0.2) is 26.3 Å². The van der Waals surface area contributed by atoms with Crippen LogP contribution in [0.4, 0.5) is 0 Å². The van der Waals surface area contributed by atoms with E-state index in [4.69, 9.17) is 4.74 Å². The maximum atomic E-state index is 5.13. The summed E-state index contributed by atoms with van der Waals surface area (Å²) in [6.07, 6.45) is 6.91. The number of hydrogen-bond acceptors (Lipinski definition) is 2. The zero-order chi connectivity index (χ0) is 9.52. The second kappa shape index (κ2) is 6.39. The van der Waals surface area contributed by atoms with Crippen molar-refractivity contribution in [3.05, 3.63) is 0 Å². The van der Waals surface area contributed by atoms with E-state index in [9.17, 15) is 0 Å². The van der Waals surface area contributed by atoms with Crippen molar-refractivity contribution in [1.29, 1.82) is 0 Å². The van der Waals surface area contributed by atoms with Gasteiger partial charge in [0.1, 0.15) is 0 Å². The maximum absolute atomic E-state index is 5.13. The molecule has 0 aliphatic heterocycles.